The zero-order valence-corrected chi connectivity index (χ0v) is 14.4. The van der Waals surface area contributed by atoms with Crippen LogP contribution in [0.25, 0.3) is 0 Å². The van der Waals surface area contributed by atoms with Crippen molar-refractivity contribution < 1.29 is 17.9 Å². The maximum atomic E-state index is 12.6. The monoisotopic (exact) mass is 378 g/mol. The van der Waals surface area contributed by atoms with E-state index in [1.54, 1.807) is 6.07 Å². The van der Waals surface area contributed by atoms with Crippen LogP contribution in [-0.2, 0) is 10.0 Å². The van der Waals surface area contributed by atoms with E-state index in [4.69, 9.17) is 9.47 Å². The zero-order valence-electron chi connectivity index (χ0n) is 12.0. The number of methoxy groups -OCH3 is 2. The largest absolute Gasteiger partial charge is 0.496 e. The van der Waals surface area contributed by atoms with Crippen molar-refractivity contribution in [3.63, 3.8) is 0 Å². The Hall–Kier alpha value is -0.830. The molecule has 0 saturated carbocycles. The summed E-state index contributed by atoms with van der Waals surface area (Å²) in [6, 6.07) is 2.94. The summed E-state index contributed by atoms with van der Waals surface area (Å²) >= 11 is 3.32. The zero-order chi connectivity index (χ0) is 15.5. The molecule has 2 N–H and O–H groups in total. The lowest BCUT2D eigenvalue weighted by molar-refractivity contribution is 0.388. The van der Waals surface area contributed by atoms with Gasteiger partial charge in [0, 0.05) is 18.7 Å². The van der Waals surface area contributed by atoms with Gasteiger partial charge in [-0.2, -0.15) is 0 Å². The first kappa shape index (κ1) is 16.5. The van der Waals surface area contributed by atoms with Gasteiger partial charge in [0.25, 0.3) is 0 Å². The van der Waals surface area contributed by atoms with E-state index in [-0.39, 0.29) is 16.7 Å². The molecule has 1 fully saturated rings. The molecule has 21 heavy (non-hydrogen) atoms. The molecule has 1 atom stereocenters. The van der Waals surface area contributed by atoms with Gasteiger partial charge in [-0.3, -0.25) is 0 Å². The van der Waals surface area contributed by atoms with E-state index in [2.05, 4.69) is 26.0 Å². The number of ether oxygens (including phenoxy) is 2. The summed E-state index contributed by atoms with van der Waals surface area (Å²) in [6.45, 7) is 1.56. The van der Waals surface area contributed by atoms with Crippen LogP contribution in [0, 0.1) is 0 Å². The minimum atomic E-state index is -3.67. The van der Waals surface area contributed by atoms with Crippen LogP contribution in [-0.4, -0.2) is 41.8 Å². The molecule has 1 aromatic carbocycles. The summed E-state index contributed by atoms with van der Waals surface area (Å²) < 4.78 is 38.8. The minimum Gasteiger partial charge on any atom is -0.496 e. The van der Waals surface area contributed by atoms with Gasteiger partial charge >= 0.3 is 0 Å². The quantitative estimate of drug-likeness (QED) is 0.811. The van der Waals surface area contributed by atoms with Crippen LogP contribution >= 0.6 is 15.9 Å². The first-order chi connectivity index (χ1) is 9.97. The second kappa shape index (κ2) is 6.95. The van der Waals surface area contributed by atoms with Crippen molar-refractivity contribution in [1.82, 2.24) is 10.0 Å². The molecule has 0 radical (unpaired) electrons. The first-order valence-corrected chi connectivity index (χ1v) is 8.90. The number of halogens is 1. The number of benzene rings is 1. The molecule has 0 amide bonds. The number of hydrogen-bond acceptors (Lipinski definition) is 5. The van der Waals surface area contributed by atoms with Crippen LogP contribution in [0.15, 0.2) is 21.5 Å². The van der Waals surface area contributed by atoms with Crippen molar-refractivity contribution in [2.45, 2.75) is 23.8 Å². The van der Waals surface area contributed by atoms with Crippen LogP contribution in [0.2, 0.25) is 0 Å². The Morgan fingerprint density at radius 1 is 1.29 bits per heavy atom. The molecule has 1 aliphatic rings. The van der Waals surface area contributed by atoms with E-state index >= 15 is 0 Å². The molecular weight excluding hydrogens is 360 g/mol. The van der Waals surface area contributed by atoms with Crippen molar-refractivity contribution in [3.05, 3.63) is 16.6 Å². The van der Waals surface area contributed by atoms with Gasteiger partial charge in [-0.15, -0.1) is 0 Å². The fourth-order valence-electron chi connectivity index (χ4n) is 2.28. The summed E-state index contributed by atoms with van der Waals surface area (Å²) in [4.78, 5) is 0.0793. The highest BCUT2D eigenvalue weighted by atomic mass is 79.9. The minimum absolute atomic E-state index is 0.0793. The molecule has 0 bridgehead atoms. The number of sulfonamides is 1. The summed E-state index contributed by atoms with van der Waals surface area (Å²) in [5.41, 5.74) is 0. The second-order valence-corrected chi connectivity index (χ2v) is 7.34. The van der Waals surface area contributed by atoms with Crippen LogP contribution in [0.4, 0.5) is 0 Å². The average molecular weight is 379 g/mol. The molecule has 0 aliphatic carbocycles. The van der Waals surface area contributed by atoms with Crippen LogP contribution < -0.4 is 19.5 Å². The third-order valence-corrected chi connectivity index (χ3v) is 5.51. The molecule has 8 heteroatoms. The molecule has 1 unspecified atom stereocenters. The van der Waals surface area contributed by atoms with Gasteiger partial charge < -0.3 is 14.8 Å². The van der Waals surface area contributed by atoms with Crippen molar-refractivity contribution in [3.8, 4) is 11.5 Å². The summed E-state index contributed by atoms with van der Waals surface area (Å²) in [5, 5.41) is 3.18. The van der Waals surface area contributed by atoms with E-state index in [1.807, 2.05) is 0 Å². The number of nitrogens with one attached hydrogen (secondary N) is 2. The number of hydrogen-bond donors (Lipinski definition) is 2. The highest BCUT2D eigenvalue weighted by Crippen LogP contribution is 2.35. The van der Waals surface area contributed by atoms with E-state index < -0.39 is 10.0 Å². The average Bonchev–Trinajstić information content (AvgIpc) is 2.47. The molecule has 0 aromatic heterocycles. The number of rotatable bonds is 5. The lowest BCUT2D eigenvalue weighted by atomic mass is 10.1. The lowest BCUT2D eigenvalue weighted by Crippen LogP contribution is -2.45. The fraction of sp³-hybridized carbons (Fsp3) is 0.538. The van der Waals surface area contributed by atoms with Gasteiger partial charge in [0.15, 0.2) is 0 Å². The maximum absolute atomic E-state index is 12.6. The van der Waals surface area contributed by atoms with E-state index in [0.717, 1.165) is 19.4 Å². The van der Waals surface area contributed by atoms with Gasteiger partial charge in [-0.25, -0.2) is 13.1 Å². The molecule has 1 saturated heterocycles. The highest BCUT2D eigenvalue weighted by molar-refractivity contribution is 9.10. The molecule has 0 spiro atoms. The van der Waals surface area contributed by atoms with Crippen molar-refractivity contribution >= 4 is 26.0 Å². The van der Waals surface area contributed by atoms with Gasteiger partial charge in [0.05, 0.1) is 18.7 Å². The summed E-state index contributed by atoms with van der Waals surface area (Å²) in [5.74, 6) is 0.719. The third-order valence-electron chi connectivity index (χ3n) is 3.35. The Labute approximate surface area is 133 Å². The van der Waals surface area contributed by atoms with Gasteiger partial charge in [0.2, 0.25) is 10.0 Å². The topological polar surface area (TPSA) is 76.7 Å². The van der Waals surface area contributed by atoms with Crippen LogP contribution in [0.3, 0.4) is 0 Å². The molecule has 1 aromatic rings. The van der Waals surface area contributed by atoms with Crippen molar-refractivity contribution in [1.29, 1.82) is 0 Å². The fourth-order valence-corrected chi connectivity index (χ4v) is 4.20. The number of piperidine rings is 1. The van der Waals surface area contributed by atoms with Crippen molar-refractivity contribution in [2.24, 2.45) is 0 Å². The Balaban J connectivity index is 2.33. The predicted octanol–water partition coefficient (Wildman–Crippen LogP) is 1.50. The predicted molar refractivity (Wildman–Crippen MR) is 83.5 cm³/mol. The third kappa shape index (κ3) is 3.88. The maximum Gasteiger partial charge on any atom is 0.244 e. The smallest absolute Gasteiger partial charge is 0.244 e. The van der Waals surface area contributed by atoms with Gasteiger partial charge in [0.1, 0.15) is 16.4 Å². The molecular formula is C13H19BrN2O4S. The van der Waals surface area contributed by atoms with Gasteiger partial charge in [-0.05, 0) is 41.4 Å². The first-order valence-electron chi connectivity index (χ1n) is 6.62. The summed E-state index contributed by atoms with van der Waals surface area (Å²) in [7, 11) is -0.740. The highest BCUT2D eigenvalue weighted by Gasteiger charge is 2.26. The van der Waals surface area contributed by atoms with E-state index in [0.29, 0.717) is 16.8 Å². The second-order valence-electron chi connectivity index (χ2n) is 4.80. The molecule has 1 aliphatic heterocycles. The SMILES string of the molecule is COc1cc(S(=O)(=O)NC2CCCNC2)c(OC)cc1Br. The Morgan fingerprint density at radius 2 is 2.00 bits per heavy atom. The molecule has 118 valence electrons. The Bertz CT molecular complexity index is 600. The van der Waals surface area contributed by atoms with Gasteiger partial charge in [-0.1, -0.05) is 0 Å². The molecule has 2 rings (SSSR count). The summed E-state index contributed by atoms with van der Waals surface area (Å²) in [6.07, 6.45) is 1.77. The van der Waals surface area contributed by atoms with Crippen LogP contribution in [0.1, 0.15) is 12.8 Å². The van der Waals surface area contributed by atoms with Crippen LogP contribution in [0.5, 0.6) is 11.5 Å². The van der Waals surface area contributed by atoms with Crippen molar-refractivity contribution in [2.75, 3.05) is 27.3 Å². The standard InChI is InChI=1S/C13H19BrN2O4S/c1-19-11-7-13(12(20-2)6-10(11)14)21(17,18)16-9-4-3-5-15-8-9/h6-7,9,15-16H,3-5,8H2,1-2H3. The Kier molecular flexibility index (Phi) is 5.48. The van der Waals surface area contributed by atoms with E-state index in [9.17, 15) is 8.42 Å². The Morgan fingerprint density at radius 3 is 2.57 bits per heavy atom. The lowest BCUT2D eigenvalue weighted by Gasteiger charge is -2.24. The normalized spacial score (nSPS) is 19.3. The van der Waals surface area contributed by atoms with E-state index in [1.165, 1.54) is 20.3 Å². The molecule has 6 nitrogen and oxygen atoms in total. The molecule has 1 heterocycles.